The lowest BCUT2D eigenvalue weighted by Crippen LogP contribution is -2.33. The molecular weight excluding hydrogens is 304 g/mol. The fraction of sp³-hybridized carbons (Fsp3) is 0.316. The number of hydrogen-bond acceptors (Lipinski definition) is 4. The van der Waals surface area contributed by atoms with Crippen molar-refractivity contribution in [2.24, 2.45) is 0 Å². The summed E-state index contributed by atoms with van der Waals surface area (Å²) in [4.78, 5) is 16.5. The maximum absolute atomic E-state index is 12.7. The normalized spacial score (nSPS) is 12.4. The largest absolute Gasteiger partial charge is 0.453 e. The number of ether oxygens (including phenoxy) is 2. The smallest absolute Gasteiger partial charge is 0.419 e. The summed E-state index contributed by atoms with van der Waals surface area (Å²) in [6.45, 7) is 7.17. The molecule has 0 aromatic heterocycles. The van der Waals surface area contributed by atoms with Crippen LogP contribution in [0.15, 0.2) is 48.5 Å². The zero-order valence-corrected chi connectivity index (χ0v) is 14.1. The van der Waals surface area contributed by atoms with Crippen molar-refractivity contribution >= 4 is 17.5 Å². The van der Waals surface area contributed by atoms with Gasteiger partial charge in [0.2, 0.25) is 0 Å². The zero-order valence-electron chi connectivity index (χ0n) is 14.1. The van der Waals surface area contributed by atoms with Crippen LogP contribution in [0, 0.1) is 0 Å². The van der Waals surface area contributed by atoms with Gasteiger partial charge in [0, 0.05) is 6.54 Å². The van der Waals surface area contributed by atoms with Crippen LogP contribution < -0.4 is 9.64 Å². The van der Waals surface area contributed by atoms with Crippen molar-refractivity contribution in [3.63, 3.8) is 0 Å². The summed E-state index contributed by atoms with van der Waals surface area (Å²) in [6, 6.07) is 14.9. The molecule has 5 nitrogen and oxygen atoms in total. The van der Waals surface area contributed by atoms with Gasteiger partial charge in [0.1, 0.15) is 6.61 Å². The Labute approximate surface area is 142 Å². The molecule has 126 valence electrons. The summed E-state index contributed by atoms with van der Waals surface area (Å²) in [6.07, 6.45) is -0.384. The number of hydrogen-bond donors (Lipinski definition) is 0. The topological polar surface area (TPSA) is 42.0 Å². The Morgan fingerprint density at radius 2 is 1.54 bits per heavy atom. The van der Waals surface area contributed by atoms with E-state index in [0.717, 1.165) is 19.6 Å². The van der Waals surface area contributed by atoms with Crippen LogP contribution in [0.25, 0.3) is 0 Å². The van der Waals surface area contributed by atoms with Gasteiger partial charge in [-0.3, -0.25) is 0 Å². The molecule has 1 amide bonds. The van der Waals surface area contributed by atoms with Crippen LogP contribution in [-0.4, -0.2) is 37.2 Å². The second-order valence-electron chi connectivity index (χ2n) is 5.51. The van der Waals surface area contributed by atoms with E-state index in [-0.39, 0.29) is 6.09 Å². The number of benzene rings is 2. The second-order valence-corrected chi connectivity index (χ2v) is 5.51. The molecule has 1 aliphatic heterocycles. The molecule has 0 atom stereocenters. The van der Waals surface area contributed by atoms with Gasteiger partial charge < -0.3 is 14.4 Å². The molecule has 5 heteroatoms. The van der Waals surface area contributed by atoms with E-state index >= 15 is 0 Å². The van der Waals surface area contributed by atoms with Gasteiger partial charge >= 0.3 is 6.09 Å². The van der Waals surface area contributed by atoms with E-state index in [4.69, 9.17) is 9.47 Å². The molecule has 2 aromatic rings. The maximum atomic E-state index is 12.7. The van der Waals surface area contributed by atoms with E-state index in [9.17, 15) is 4.79 Å². The van der Waals surface area contributed by atoms with Crippen LogP contribution in [-0.2, 0) is 4.74 Å². The number of anilines is 2. The molecule has 0 fully saturated rings. The van der Waals surface area contributed by atoms with Gasteiger partial charge in [0.25, 0.3) is 0 Å². The van der Waals surface area contributed by atoms with E-state index < -0.39 is 0 Å². The van der Waals surface area contributed by atoms with Gasteiger partial charge in [-0.1, -0.05) is 38.1 Å². The minimum absolute atomic E-state index is 0.363. The predicted octanol–water partition coefficient (Wildman–Crippen LogP) is 4.41. The number of para-hydroxylation sites is 4. The van der Waals surface area contributed by atoms with Gasteiger partial charge in [0.15, 0.2) is 11.5 Å². The fourth-order valence-electron chi connectivity index (χ4n) is 2.77. The number of fused-ring (bicyclic) bond motifs is 2. The standard InChI is InChI=1S/C19H22N2O3/c1-3-20(4-2)13-14-23-19(22)21-15-9-5-7-11-17(15)24-18-12-8-6-10-16(18)21/h5-12H,3-4,13-14H2,1-2H3. The Kier molecular flexibility index (Phi) is 5.01. The van der Waals surface area contributed by atoms with Gasteiger partial charge in [-0.05, 0) is 37.4 Å². The summed E-state index contributed by atoms with van der Waals surface area (Å²) in [5.41, 5.74) is 1.40. The van der Waals surface area contributed by atoms with Crippen molar-refractivity contribution in [1.82, 2.24) is 4.90 Å². The Bertz CT molecular complexity index is 668. The van der Waals surface area contributed by atoms with Crippen LogP contribution in [0.5, 0.6) is 11.5 Å². The average molecular weight is 326 g/mol. The molecule has 0 saturated heterocycles. The summed E-state index contributed by atoms with van der Waals surface area (Å²) >= 11 is 0. The Morgan fingerprint density at radius 1 is 1.00 bits per heavy atom. The second kappa shape index (κ2) is 7.36. The van der Waals surface area contributed by atoms with Crippen LogP contribution in [0.3, 0.4) is 0 Å². The zero-order chi connectivity index (χ0) is 16.9. The summed E-state index contributed by atoms with van der Waals surface area (Å²) < 4.78 is 11.4. The number of amides is 1. The lowest BCUT2D eigenvalue weighted by Gasteiger charge is -2.30. The van der Waals surface area contributed by atoms with Crippen molar-refractivity contribution in [2.75, 3.05) is 31.1 Å². The summed E-state index contributed by atoms with van der Waals surface area (Å²) in [5, 5.41) is 0. The van der Waals surface area contributed by atoms with Crippen molar-refractivity contribution in [2.45, 2.75) is 13.8 Å². The SMILES string of the molecule is CCN(CC)CCOC(=O)N1c2ccccc2Oc2ccccc21. The molecule has 2 aromatic carbocycles. The van der Waals surface area contributed by atoms with Gasteiger partial charge in [0.05, 0.1) is 11.4 Å². The van der Waals surface area contributed by atoms with Gasteiger partial charge in [-0.25, -0.2) is 9.69 Å². The predicted molar refractivity (Wildman–Crippen MR) is 94.2 cm³/mol. The number of nitrogens with zero attached hydrogens (tertiary/aromatic N) is 2. The molecule has 0 saturated carbocycles. The first-order valence-electron chi connectivity index (χ1n) is 8.29. The average Bonchev–Trinajstić information content (AvgIpc) is 2.63. The Hall–Kier alpha value is -2.53. The highest BCUT2D eigenvalue weighted by Gasteiger charge is 2.29. The molecule has 24 heavy (non-hydrogen) atoms. The van der Waals surface area contributed by atoms with Gasteiger partial charge in [-0.15, -0.1) is 0 Å². The molecule has 3 rings (SSSR count). The maximum Gasteiger partial charge on any atom is 0.419 e. The van der Waals surface area contributed by atoms with Crippen molar-refractivity contribution in [1.29, 1.82) is 0 Å². The minimum atomic E-state index is -0.384. The molecule has 0 spiro atoms. The molecular formula is C19H22N2O3. The van der Waals surface area contributed by atoms with Crippen molar-refractivity contribution in [3.05, 3.63) is 48.5 Å². The van der Waals surface area contributed by atoms with Crippen molar-refractivity contribution in [3.8, 4) is 11.5 Å². The minimum Gasteiger partial charge on any atom is -0.453 e. The Morgan fingerprint density at radius 3 is 2.08 bits per heavy atom. The summed E-state index contributed by atoms with van der Waals surface area (Å²) in [5.74, 6) is 1.30. The first kappa shape index (κ1) is 16.3. The number of carbonyl (C=O) groups excluding carboxylic acids is 1. The summed E-state index contributed by atoms with van der Waals surface area (Å²) in [7, 11) is 0. The third kappa shape index (κ3) is 3.21. The molecule has 0 aliphatic carbocycles. The van der Waals surface area contributed by atoms with Crippen LogP contribution in [0.4, 0.5) is 16.2 Å². The third-order valence-corrected chi connectivity index (χ3v) is 4.14. The fourth-order valence-corrected chi connectivity index (χ4v) is 2.77. The van der Waals surface area contributed by atoms with E-state index in [0.29, 0.717) is 29.5 Å². The monoisotopic (exact) mass is 326 g/mol. The molecule has 0 bridgehead atoms. The molecule has 0 N–H and O–H groups in total. The molecule has 0 unspecified atom stereocenters. The number of likely N-dealkylation sites (N-methyl/N-ethyl adjacent to an activating group) is 1. The molecule has 1 aliphatic rings. The van der Waals surface area contributed by atoms with Gasteiger partial charge in [-0.2, -0.15) is 0 Å². The van der Waals surface area contributed by atoms with Crippen molar-refractivity contribution < 1.29 is 14.3 Å². The molecule has 0 radical (unpaired) electrons. The lowest BCUT2D eigenvalue weighted by molar-refractivity contribution is 0.138. The van der Waals surface area contributed by atoms with E-state index in [1.54, 1.807) is 4.90 Å². The van der Waals surface area contributed by atoms with E-state index in [2.05, 4.69) is 18.7 Å². The number of rotatable bonds is 5. The van der Waals surface area contributed by atoms with Crippen LogP contribution in [0.1, 0.15) is 13.8 Å². The molecule has 1 heterocycles. The highest BCUT2D eigenvalue weighted by Crippen LogP contribution is 2.46. The highest BCUT2D eigenvalue weighted by molar-refractivity contribution is 6.00. The number of carbonyl (C=O) groups is 1. The Balaban J connectivity index is 1.80. The lowest BCUT2D eigenvalue weighted by atomic mass is 10.2. The highest BCUT2D eigenvalue weighted by atomic mass is 16.6. The third-order valence-electron chi connectivity index (χ3n) is 4.14. The van der Waals surface area contributed by atoms with E-state index in [1.807, 2.05) is 48.5 Å². The van der Waals surface area contributed by atoms with E-state index in [1.165, 1.54) is 0 Å². The first-order chi connectivity index (χ1) is 11.7. The first-order valence-corrected chi connectivity index (χ1v) is 8.29. The van der Waals surface area contributed by atoms with Crippen LogP contribution in [0.2, 0.25) is 0 Å². The quantitative estimate of drug-likeness (QED) is 0.816. The van der Waals surface area contributed by atoms with Crippen LogP contribution >= 0.6 is 0 Å².